The molecule has 0 radical (unpaired) electrons. The quantitative estimate of drug-likeness (QED) is 0.366. The van der Waals surface area contributed by atoms with Gasteiger partial charge in [0.05, 0.1) is 24.1 Å². The van der Waals surface area contributed by atoms with Crippen LogP contribution in [0.25, 0.3) is 0 Å². The van der Waals surface area contributed by atoms with Gasteiger partial charge in [-0.1, -0.05) is 23.8 Å². The molecule has 10 heteroatoms. The Morgan fingerprint density at radius 1 is 1.03 bits per heavy atom. The van der Waals surface area contributed by atoms with E-state index in [0.717, 1.165) is 34.4 Å². The van der Waals surface area contributed by atoms with Crippen LogP contribution in [0.5, 0.6) is 11.5 Å². The molecule has 2 aromatic carbocycles. The molecule has 1 saturated heterocycles. The molecule has 0 N–H and O–H groups in total. The van der Waals surface area contributed by atoms with Gasteiger partial charge < -0.3 is 19.1 Å². The first-order valence-corrected chi connectivity index (χ1v) is 15.0. The van der Waals surface area contributed by atoms with Crippen LogP contribution in [0.2, 0.25) is 0 Å². The van der Waals surface area contributed by atoms with Crippen molar-refractivity contribution < 1.29 is 27.4 Å². The zero-order valence-corrected chi connectivity index (χ0v) is 23.2. The number of ether oxygens (including phenoxy) is 3. The largest absolute Gasteiger partial charge is 0.454 e. The highest BCUT2D eigenvalue weighted by molar-refractivity contribution is 7.89. The monoisotopic (exact) mass is 556 g/mol. The van der Waals surface area contributed by atoms with Gasteiger partial charge in [-0.25, -0.2) is 8.42 Å². The second-order valence-corrected chi connectivity index (χ2v) is 12.6. The molecular formula is C28H32N2O6S2. The van der Waals surface area contributed by atoms with E-state index < -0.39 is 10.0 Å². The summed E-state index contributed by atoms with van der Waals surface area (Å²) in [6.45, 7) is 5.25. The molecule has 0 bridgehead atoms. The lowest BCUT2D eigenvalue weighted by Gasteiger charge is -2.29. The maximum Gasteiger partial charge on any atom is 0.243 e. The number of nitrogens with zero attached hydrogens (tertiary/aromatic N) is 2. The third-order valence-corrected chi connectivity index (χ3v) is 9.70. The predicted molar refractivity (Wildman–Crippen MR) is 145 cm³/mol. The Kier molecular flexibility index (Phi) is 8.04. The van der Waals surface area contributed by atoms with Crippen molar-refractivity contribution >= 4 is 27.3 Å². The van der Waals surface area contributed by atoms with Crippen LogP contribution < -0.4 is 9.47 Å². The summed E-state index contributed by atoms with van der Waals surface area (Å²) in [6.07, 6.45) is 1.42. The van der Waals surface area contributed by atoms with Crippen molar-refractivity contribution in [3.05, 3.63) is 75.5 Å². The van der Waals surface area contributed by atoms with Crippen molar-refractivity contribution in [1.82, 2.24) is 9.21 Å². The second kappa shape index (κ2) is 11.4. The number of hydrogen-bond donors (Lipinski definition) is 0. The fourth-order valence-corrected chi connectivity index (χ4v) is 6.95. The minimum atomic E-state index is -3.91. The number of benzene rings is 2. The lowest BCUT2D eigenvalue weighted by Crippen LogP contribution is -2.45. The summed E-state index contributed by atoms with van der Waals surface area (Å²) in [5.41, 5.74) is 2.94. The number of amides is 1. The van der Waals surface area contributed by atoms with E-state index in [4.69, 9.17) is 14.2 Å². The van der Waals surface area contributed by atoms with E-state index in [1.165, 1.54) is 4.31 Å². The minimum Gasteiger partial charge on any atom is -0.454 e. The van der Waals surface area contributed by atoms with Gasteiger partial charge in [0.15, 0.2) is 11.5 Å². The van der Waals surface area contributed by atoms with Gasteiger partial charge in [-0.05, 0) is 73.5 Å². The summed E-state index contributed by atoms with van der Waals surface area (Å²) in [5, 5.41) is 2.00. The Morgan fingerprint density at radius 3 is 2.53 bits per heavy atom. The van der Waals surface area contributed by atoms with E-state index >= 15 is 0 Å². The molecule has 1 atom stereocenters. The zero-order chi connectivity index (χ0) is 26.7. The summed E-state index contributed by atoms with van der Waals surface area (Å²) in [7, 11) is -3.91. The molecule has 8 nitrogen and oxygen atoms in total. The van der Waals surface area contributed by atoms with Gasteiger partial charge in [0.25, 0.3) is 0 Å². The standard InChI is InChI=1S/C28H32N2O6S2/c1-20-5-8-24(9-6-20)38(32,33)30(16-23-4-3-12-34-23)18-28(31)29(17-27-21(2)11-13-37-27)15-22-7-10-25-26(14-22)36-19-35-25/h5-11,13-14,23H,3-4,12,15-19H2,1-2H3. The Labute approximate surface area is 227 Å². The van der Waals surface area contributed by atoms with Gasteiger partial charge in [-0.2, -0.15) is 4.31 Å². The zero-order valence-electron chi connectivity index (χ0n) is 21.6. The molecule has 1 fully saturated rings. The molecule has 2 aliphatic heterocycles. The van der Waals surface area contributed by atoms with Crippen molar-refractivity contribution in [3.63, 3.8) is 0 Å². The summed E-state index contributed by atoms with van der Waals surface area (Å²) < 4.78 is 45.4. The molecule has 0 aliphatic carbocycles. The molecule has 1 unspecified atom stereocenters. The predicted octanol–water partition coefficient (Wildman–Crippen LogP) is 4.49. The van der Waals surface area contributed by atoms with Gasteiger partial charge in [0.1, 0.15) is 0 Å². The van der Waals surface area contributed by atoms with Crippen LogP contribution in [0.15, 0.2) is 58.8 Å². The average molecular weight is 557 g/mol. The van der Waals surface area contributed by atoms with Gasteiger partial charge >= 0.3 is 0 Å². The van der Waals surface area contributed by atoms with E-state index in [9.17, 15) is 13.2 Å². The molecule has 3 heterocycles. The fourth-order valence-electron chi connectivity index (χ4n) is 4.60. The van der Waals surface area contributed by atoms with E-state index in [1.54, 1.807) is 40.5 Å². The van der Waals surface area contributed by atoms with E-state index in [2.05, 4.69) is 0 Å². The Morgan fingerprint density at radius 2 is 1.82 bits per heavy atom. The van der Waals surface area contributed by atoms with Crippen LogP contribution in [0.4, 0.5) is 0 Å². The molecule has 202 valence electrons. The van der Waals surface area contributed by atoms with Crippen molar-refractivity contribution in [2.45, 2.75) is 50.8 Å². The van der Waals surface area contributed by atoms with E-state index in [-0.39, 0.29) is 36.8 Å². The van der Waals surface area contributed by atoms with Crippen LogP contribution in [-0.2, 0) is 32.6 Å². The highest BCUT2D eigenvalue weighted by Gasteiger charge is 2.32. The molecular weight excluding hydrogens is 524 g/mol. The fraction of sp³-hybridized carbons (Fsp3) is 0.393. The number of thiophene rings is 1. The number of fused-ring (bicyclic) bond motifs is 1. The average Bonchev–Trinajstić information content (AvgIpc) is 3.66. The summed E-state index contributed by atoms with van der Waals surface area (Å²) in [5.74, 6) is 1.04. The van der Waals surface area contributed by atoms with Crippen LogP contribution in [0.3, 0.4) is 0 Å². The molecule has 38 heavy (non-hydrogen) atoms. The topological polar surface area (TPSA) is 85.4 Å². The lowest BCUT2D eigenvalue weighted by atomic mass is 10.1. The summed E-state index contributed by atoms with van der Waals surface area (Å²) in [6, 6.07) is 14.4. The number of carbonyl (C=O) groups excluding carboxylic acids is 1. The van der Waals surface area contributed by atoms with Crippen molar-refractivity contribution in [2.24, 2.45) is 0 Å². The first-order valence-electron chi connectivity index (χ1n) is 12.7. The van der Waals surface area contributed by atoms with Gasteiger partial charge in [-0.15, -0.1) is 11.3 Å². The summed E-state index contributed by atoms with van der Waals surface area (Å²) >= 11 is 1.58. The highest BCUT2D eigenvalue weighted by atomic mass is 32.2. The van der Waals surface area contributed by atoms with Crippen LogP contribution in [0.1, 0.15) is 34.4 Å². The van der Waals surface area contributed by atoms with Crippen LogP contribution >= 0.6 is 11.3 Å². The first kappa shape index (κ1) is 26.7. The van der Waals surface area contributed by atoms with Crippen molar-refractivity contribution in [3.8, 4) is 11.5 Å². The molecule has 1 amide bonds. The van der Waals surface area contributed by atoms with Crippen LogP contribution in [0, 0.1) is 13.8 Å². The molecule has 2 aliphatic rings. The smallest absolute Gasteiger partial charge is 0.243 e. The number of carbonyl (C=O) groups is 1. The number of aryl methyl sites for hydroxylation is 2. The summed E-state index contributed by atoms with van der Waals surface area (Å²) in [4.78, 5) is 16.8. The maximum absolute atomic E-state index is 13.9. The third-order valence-electron chi connectivity index (χ3n) is 6.87. The lowest BCUT2D eigenvalue weighted by molar-refractivity contribution is -0.132. The van der Waals surface area contributed by atoms with E-state index in [0.29, 0.717) is 31.2 Å². The SMILES string of the molecule is Cc1ccc(S(=O)(=O)N(CC(=O)N(Cc2ccc3c(c2)OCO3)Cc2sccc2C)CC2CCCO2)cc1. The minimum absolute atomic E-state index is 0.137. The highest BCUT2D eigenvalue weighted by Crippen LogP contribution is 2.33. The molecule has 0 saturated carbocycles. The van der Waals surface area contributed by atoms with Crippen molar-refractivity contribution in [2.75, 3.05) is 26.5 Å². The Hall–Kier alpha value is -2.92. The molecule has 1 aromatic heterocycles. The van der Waals surface area contributed by atoms with Gasteiger partial charge in [0.2, 0.25) is 22.7 Å². The normalized spacial score (nSPS) is 16.8. The molecule has 5 rings (SSSR count). The van der Waals surface area contributed by atoms with Gasteiger partial charge in [0, 0.05) is 24.6 Å². The van der Waals surface area contributed by atoms with E-state index in [1.807, 2.05) is 43.5 Å². The number of rotatable bonds is 10. The van der Waals surface area contributed by atoms with Crippen molar-refractivity contribution in [1.29, 1.82) is 0 Å². The van der Waals surface area contributed by atoms with Crippen LogP contribution in [-0.4, -0.2) is 56.1 Å². The number of hydrogen-bond acceptors (Lipinski definition) is 7. The number of sulfonamides is 1. The molecule has 0 spiro atoms. The Bertz CT molecular complexity index is 1380. The van der Waals surface area contributed by atoms with Gasteiger partial charge in [-0.3, -0.25) is 4.79 Å². The Balaban J connectivity index is 1.42. The first-order chi connectivity index (χ1) is 18.3. The second-order valence-electron chi connectivity index (χ2n) is 9.71. The third kappa shape index (κ3) is 6.04. The maximum atomic E-state index is 13.9. The molecule has 3 aromatic rings.